The van der Waals surface area contributed by atoms with Crippen molar-refractivity contribution in [1.82, 2.24) is 0 Å². The summed E-state index contributed by atoms with van der Waals surface area (Å²) in [6.45, 7) is 0. The van der Waals surface area contributed by atoms with Crippen molar-refractivity contribution in [3.63, 3.8) is 0 Å². The molecule has 0 unspecified atom stereocenters. The summed E-state index contributed by atoms with van der Waals surface area (Å²) in [5.41, 5.74) is 0.657. The predicted octanol–water partition coefficient (Wildman–Crippen LogP) is 1.46. The van der Waals surface area contributed by atoms with Crippen LogP contribution in [0.4, 0.5) is 0 Å². The lowest BCUT2D eigenvalue weighted by Gasteiger charge is -2.06. The first-order chi connectivity index (χ1) is 5.68. The van der Waals surface area contributed by atoms with Crippen molar-refractivity contribution >= 4 is 0 Å². The summed E-state index contributed by atoms with van der Waals surface area (Å²) in [5.74, 6) is 0.279. The molecule has 0 saturated heterocycles. The van der Waals surface area contributed by atoms with Crippen LogP contribution in [-0.4, -0.2) is 15.8 Å². The van der Waals surface area contributed by atoms with E-state index in [2.05, 4.69) is 0 Å². The third kappa shape index (κ3) is 1.59. The van der Waals surface area contributed by atoms with Gasteiger partial charge in [0.15, 0.2) is 0 Å². The van der Waals surface area contributed by atoms with Crippen molar-refractivity contribution in [2.24, 2.45) is 0 Å². The van der Waals surface area contributed by atoms with Gasteiger partial charge in [-0.1, -0.05) is 12.1 Å². The monoisotopic (exact) mass is 164 g/mol. The van der Waals surface area contributed by atoms with E-state index in [1.54, 1.807) is 12.1 Å². The molecule has 0 radical (unpaired) electrons. The predicted molar refractivity (Wildman–Crippen MR) is 46.0 cm³/mol. The molecule has 1 saturated carbocycles. The van der Waals surface area contributed by atoms with E-state index in [9.17, 15) is 5.11 Å². The number of benzene rings is 1. The van der Waals surface area contributed by atoms with Crippen molar-refractivity contribution in [2.45, 2.75) is 24.9 Å². The van der Waals surface area contributed by atoms with Gasteiger partial charge < -0.3 is 10.2 Å². The lowest BCUT2D eigenvalue weighted by molar-refractivity contribution is 0.151. The van der Waals surface area contributed by atoms with Gasteiger partial charge in [0.25, 0.3) is 0 Å². The highest BCUT2D eigenvalue weighted by molar-refractivity contribution is 5.27. The molecule has 2 nitrogen and oxygen atoms in total. The van der Waals surface area contributed by atoms with E-state index in [4.69, 9.17) is 5.11 Å². The molecule has 0 bridgehead atoms. The summed E-state index contributed by atoms with van der Waals surface area (Å²) >= 11 is 0. The molecular formula is C10H12O2. The molecule has 0 spiro atoms. The third-order valence-electron chi connectivity index (χ3n) is 2.30. The Morgan fingerprint density at radius 2 is 1.75 bits per heavy atom. The van der Waals surface area contributed by atoms with Crippen LogP contribution in [0.5, 0.6) is 5.75 Å². The summed E-state index contributed by atoms with van der Waals surface area (Å²) in [5, 5.41) is 18.6. The molecule has 2 N–H and O–H groups in total. The Morgan fingerprint density at radius 1 is 1.17 bits per heavy atom. The quantitative estimate of drug-likeness (QED) is 0.694. The number of aliphatic hydroxyl groups is 1. The molecule has 0 amide bonds. The highest BCUT2D eigenvalue weighted by Gasteiger charge is 2.39. The Hall–Kier alpha value is -1.02. The van der Waals surface area contributed by atoms with Crippen LogP contribution in [-0.2, 0) is 6.42 Å². The number of hydrogen-bond donors (Lipinski definition) is 2. The van der Waals surface area contributed by atoms with E-state index >= 15 is 0 Å². The Balaban J connectivity index is 2.08. The van der Waals surface area contributed by atoms with Crippen molar-refractivity contribution in [1.29, 1.82) is 0 Å². The summed E-state index contributed by atoms with van der Waals surface area (Å²) in [7, 11) is 0. The first-order valence-corrected chi connectivity index (χ1v) is 4.18. The zero-order valence-electron chi connectivity index (χ0n) is 6.83. The zero-order chi connectivity index (χ0) is 8.60. The molecule has 64 valence electrons. The lowest BCUT2D eigenvalue weighted by atomic mass is 10.1. The van der Waals surface area contributed by atoms with Crippen molar-refractivity contribution in [3.8, 4) is 5.75 Å². The molecule has 0 aliphatic heterocycles. The smallest absolute Gasteiger partial charge is 0.115 e. The minimum absolute atomic E-state index is 0.279. The van der Waals surface area contributed by atoms with Crippen LogP contribution in [0.25, 0.3) is 0 Å². The number of hydrogen-bond acceptors (Lipinski definition) is 2. The summed E-state index contributed by atoms with van der Waals surface area (Å²) < 4.78 is 0. The second kappa shape index (κ2) is 2.49. The van der Waals surface area contributed by atoms with Crippen LogP contribution in [0.15, 0.2) is 24.3 Å². The van der Waals surface area contributed by atoms with Crippen LogP contribution in [0.2, 0.25) is 0 Å². The molecule has 2 rings (SSSR count). The molecule has 1 aromatic carbocycles. The largest absolute Gasteiger partial charge is 0.508 e. The van der Waals surface area contributed by atoms with Gasteiger partial charge in [0, 0.05) is 6.42 Å². The molecule has 0 aromatic heterocycles. The second-order valence-corrected chi connectivity index (χ2v) is 3.57. The van der Waals surface area contributed by atoms with Gasteiger partial charge in [-0.2, -0.15) is 0 Å². The molecule has 0 heterocycles. The Labute approximate surface area is 71.5 Å². The van der Waals surface area contributed by atoms with Crippen molar-refractivity contribution in [2.75, 3.05) is 0 Å². The van der Waals surface area contributed by atoms with E-state index in [1.807, 2.05) is 12.1 Å². The minimum atomic E-state index is -0.434. The third-order valence-corrected chi connectivity index (χ3v) is 2.30. The molecule has 2 heteroatoms. The van der Waals surface area contributed by atoms with E-state index in [0.29, 0.717) is 6.42 Å². The highest BCUT2D eigenvalue weighted by Crippen LogP contribution is 2.38. The SMILES string of the molecule is Oc1ccc(CC2(O)CC2)cc1. The standard InChI is InChI=1S/C10H12O2/c11-9-3-1-8(2-4-9)7-10(12)5-6-10/h1-4,11-12H,5-7H2. The first-order valence-electron chi connectivity index (χ1n) is 4.18. The fourth-order valence-electron chi connectivity index (χ4n) is 1.31. The molecule has 1 aliphatic carbocycles. The number of rotatable bonds is 2. The number of aromatic hydroxyl groups is 1. The van der Waals surface area contributed by atoms with Gasteiger partial charge in [-0.15, -0.1) is 0 Å². The van der Waals surface area contributed by atoms with Crippen LogP contribution in [0.3, 0.4) is 0 Å². The number of phenols is 1. The van der Waals surface area contributed by atoms with Crippen molar-refractivity contribution in [3.05, 3.63) is 29.8 Å². The Morgan fingerprint density at radius 3 is 2.25 bits per heavy atom. The molecule has 1 aliphatic rings. The van der Waals surface area contributed by atoms with Gasteiger partial charge in [-0.3, -0.25) is 0 Å². The average molecular weight is 164 g/mol. The van der Waals surface area contributed by atoms with Gasteiger partial charge in [0.05, 0.1) is 5.60 Å². The second-order valence-electron chi connectivity index (χ2n) is 3.57. The molecule has 0 atom stereocenters. The first kappa shape index (κ1) is 7.62. The maximum Gasteiger partial charge on any atom is 0.115 e. The fourth-order valence-corrected chi connectivity index (χ4v) is 1.31. The van der Waals surface area contributed by atoms with E-state index < -0.39 is 5.60 Å². The fraction of sp³-hybridized carbons (Fsp3) is 0.400. The van der Waals surface area contributed by atoms with Crippen LogP contribution >= 0.6 is 0 Å². The lowest BCUT2D eigenvalue weighted by Crippen LogP contribution is -2.10. The van der Waals surface area contributed by atoms with Gasteiger partial charge in [0.2, 0.25) is 0 Å². The van der Waals surface area contributed by atoms with Gasteiger partial charge >= 0.3 is 0 Å². The van der Waals surface area contributed by atoms with Gasteiger partial charge in [0.1, 0.15) is 5.75 Å². The Kier molecular flexibility index (Phi) is 1.58. The summed E-state index contributed by atoms with van der Waals surface area (Å²) in [4.78, 5) is 0. The zero-order valence-corrected chi connectivity index (χ0v) is 6.83. The molecule has 12 heavy (non-hydrogen) atoms. The minimum Gasteiger partial charge on any atom is -0.508 e. The van der Waals surface area contributed by atoms with Crippen LogP contribution in [0, 0.1) is 0 Å². The Bertz CT molecular complexity index is 272. The molecule has 1 fully saturated rings. The van der Waals surface area contributed by atoms with E-state index in [0.717, 1.165) is 18.4 Å². The summed E-state index contributed by atoms with van der Waals surface area (Å²) in [6.07, 6.45) is 2.54. The number of phenolic OH excluding ortho intramolecular Hbond substituents is 1. The molecular weight excluding hydrogens is 152 g/mol. The maximum atomic E-state index is 9.59. The summed E-state index contributed by atoms with van der Waals surface area (Å²) in [6, 6.07) is 7.01. The molecule has 1 aromatic rings. The van der Waals surface area contributed by atoms with Gasteiger partial charge in [-0.05, 0) is 30.5 Å². The van der Waals surface area contributed by atoms with E-state index in [1.165, 1.54) is 0 Å². The highest BCUT2D eigenvalue weighted by atomic mass is 16.3. The van der Waals surface area contributed by atoms with E-state index in [-0.39, 0.29) is 5.75 Å². The average Bonchev–Trinajstić information content (AvgIpc) is 2.74. The van der Waals surface area contributed by atoms with Crippen LogP contribution < -0.4 is 0 Å². The normalized spacial score (nSPS) is 19.1. The topological polar surface area (TPSA) is 40.5 Å². The van der Waals surface area contributed by atoms with Gasteiger partial charge in [-0.25, -0.2) is 0 Å². The van der Waals surface area contributed by atoms with Crippen molar-refractivity contribution < 1.29 is 10.2 Å². The van der Waals surface area contributed by atoms with Crippen LogP contribution in [0.1, 0.15) is 18.4 Å². The maximum absolute atomic E-state index is 9.59.